The first kappa shape index (κ1) is 23.9. The highest BCUT2D eigenvalue weighted by Gasteiger charge is 2.41. The molecule has 1 aliphatic heterocycles. The lowest BCUT2D eigenvalue weighted by Gasteiger charge is -2.19. The van der Waals surface area contributed by atoms with Crippen LogP contribution in [0.1, 0.15) is 42.4 Å². The number of carbonyl (C=O) groups excluding carboxylic acids is 2. The maximum atomic E-state index is 13.6. The van der Waals surface area contributed by atoms with Gasteiger partial charge in [0.15, 0.2) is 11.9 Å². The number of ether oxygens (including phenoxy) is 3. The molecule has 3 heterocycles. The summed E-state index contributed by atoms with van der Waals surface area (Å²) < 4.78 is 19.0. The number of aromatic carboxylic acids is 1. The summed E-state index contributed by atoms with van der Waals surface area (Å²) in [5, 5.41) is 9.29. The average Bonchev–Trinajstić information content (AvgIpc) is 3.29. The van der Waals surface area contributed by atoms with E-state index in [1.807, 2.05) is 0 Å². The number of nitrogen functional groups attached to an aromatic ring is 1. The van der Waals surface area contributed by atoms with Gasteiger partial charge in [-0.1, -0.05) is 12.1 Å². The molecule has 1 saturated heterocycles. The number of benzene rings is 1. The minimum atomic E-state index is -1.10. The van der Waals surface area contributed by atoms with Gasteiger partial charge in [0.25, 0.3) is 0 Å². The van der Waals surface area contributed by atoms with Crippen LogP contribution in [0.5, 0.6) is 0 Å². The molecule has 4 rings (SSSR count). The van der Waals surface area contributed by atoms with Gasteiger partial charge in [-0.2, -0.15) is 4.98 Å². The third kappa shape index (κ3) is 4.99. The van der Waals surface area contributed by atoms with E-state index >= 15 is 0 Å². The highest BCUT2D eigenvalue weighted by Crippen LogP contribution is 2.33. The Hall–Kier alpha value is -4.26. The smallest absolute Gasteiger partial charge is 0.335 e. The summed E-state index contributed by atoms with van der Waals surface area (Å²) in [6.45, 7) is 2.42. The number of rotatable bonds is 7. The molecule has 0 saturated carbocycles. The predicted molar refractivity (Wildman–Crippen MR) is 119 cm³/mol. The molecule has 35 heavy (non-hydrogen) atoms. The molecule has 1 fully saturated rings. The van der Waals surface area contributed by atoms with E-state index in [9.17, 15) is 24.3 Å². The van der Waals surface area contributed by atoms with Crippen molar-refractivity contribution < 1.29 is 33.7 Å². The minimum Gasteiger partial charge on any atom is -0.478 e. The van der Waals surface area contributed by atoms with Crippen molar-refractivity contribution in [1.82, 2.24) is 19.1 Å². The summed E-state index contributed by atoms with van der Waals surface area (Å²) in [6, 6.07) is 6.16. The zero-order valence-electron chi connectivity index (χ0n) is 18.9. The van der Waals surface area contributed by atoms with E-state index in [2.05, 4.69) is 9.97 Å². The number of aromatic nitrogens is 4. The lowest BCUT2D eigenvalue weighted by atomic mass is 10.1. The Bertz CT molecular complexity index is 1360. The number of anilines is 1. The molecule has 3 atom stereocenters. The van der Waals surface area contributed by atoms with E-state index in [1.54, 1.807) is 12.1 Å². The monoisotopic (exact) mass is 485 g/mol. The molecule has 0 aliphatic carbocycles. The van der Waals surface area contributed by atoms with E-state index in [4.69, 9.17) is 19.9 Å². The van der Waals surface area contributed by atoms with E-state index < -0.39 is 42.0 Å². The van der Waals surface area contributed by atoms with Gasteiger partial charge in [0.1, 0.15) is 18.2 Å². The van der Waals surface area contributed by atoms with Crippen LogP contribution in [0, 0.1) is 0 Å². The maximum absolute atomic E-state index is 13.6. The Morgan fingerprint density at radius 2 is 2.03 bits per heavy atom. The van der Waals surface area contributed by atoms with Crippen LogP contribution in [0.2, 0.25) is 0 Å². The number of fused-ring (bicyclic) bond motifs is 1. The van der Waals surface area contributed by atoms with E-state index in [1.165, 1.54) is 41.3 Å². The van der Waals surface area contributed by atoms with Crippen molar-refractivity contribution in [1.29, 1.82) is 0 Å². The van der Waals surface area contributed by atoms with Crippen molar-refractivity contribution in [3.05, 3.63) is 52.1 Å². The number of hydrogen-bond acceptors (Lipinski definition) is 10. The number of esters is 2. The lowest BCUT2D eigenvalue weighted by molar-refractivity contribution is -0.153. The van der Waals surface area contributed by atoms with Gasteiger partial charge in [-0.05, 0) is 17.7 Å². The fraction of sp³-hybridized carbons (Fsp3) is 0.364. The van der Waals surface area contributed by atoms with Crippen LogP contribution in [0.3, 0.4) is 0 Å². The van der Waals surface area contributed by atoms with Crippen LogP contribution in [-0.2, 0) is 30.3 Å². The molecule has 3 N–H and O–H groups in total. The van der Waals surface area contributed by atoms with Gasteiger partial charge in [-0.25, -0.2) is 19.1 Å². The van der Waals surface area contributed by atoms with Crippen LogP contribution in [-0.4, -0.2) is 60.9 Å². The molecule has 13 heteroatoms. The van der Waals surface area contributed by atoms with E-state index in [0.29, 0.717) is 11.1 Å². The fourth-order valence-corrected chi connectivity index (χ4v) is 4.02. The molecule has 0 radical (unpaired) electrons. The SMILES string of the molecule is CC(=O)OC[C@@H]1C[C@@H](OC(C)=O)[C@H](n2c(=O)n(Cc3cccc(C(=O)O)c3)c3cnc(N)nc32)O1. The van der Waals surface area contributed by atoms with Crippen LogP contribution in [0.25, 0.3) is 11.2 Å². The average molecular weight is 485 g/mol. The molecule has 0 spiro atoms. The highest BCUT2D eigenvalue weighted by molar-refractivity contribution is 5.87. The zero-order valence-corrected chi connectivity index (χ0v) is 18.9. The first-order valence-corrected chi connectivity index (χ1v) is 10.7. The van der Waals surface area contributed by atoms with Gasteiger partial charge < -0.3 is 25.1 Å². The second-order valence-electron chi connectivity index (χ2n) is 8.02. The van der Waals surface area contributed by atoms with Crippen molar-refractivity contribution in [2.75, 3.05) is 12.3 Å². The number of carboxylic acids is 1. The quantitative estimate of drug-likeness (QED) is 0.450. The molecule has 0 amide bonds. The summed E-state index contributed by atoms with van der Waals surface area (Å²) in [6.07, 6.45) is -1.02. The largest absolute Gasteiger partial charge is 0.478 e. The van der Waals surface area contributed by atoms with E-state index in [-0.39, 0.29) is 36.7 Å². The summed E-state index contributed by atoms with van der Waals surface area (Å²) >= 11 is 0. The maximum Gasteiger partial charge on any atom is 0.335 e. The van der Waals surface area contributed by atoms with Gasteiger partial charge in [0.2, 0.25) is 5.95 Å². The van der Waals surface area contributed by atoms with E-state index in [0.717, 1.165) is 0 Å². The highest BCUT2D eigenvalue weighted by atomic mass is 16.6. The summed E-state index contributed by atoms with van der Waals surface area (Å²) in [5.74, 6) is -2.26. The standard InChI is InChI=1S/C22H23N5O8/c1-11(28)33-10-15-7-17(34-12(2)29)19(35-15)27-18-16(8-24-21(23)25-18)26(22(27)32)9-13-4-3-5-14(6-13)20(30)31/h3-6,8,15,17,19H,7,9-10H2,1-2H3,(H,30,31)(H2,23,24,25)/t15-,17+,19+/m0/s1. The van der Waals surface area contributed by atoms with Crippen molar-refractivity contribution in [2.24, 2.45) is 0 Å². The lowest BCUT2D eigenvalue weighted by Crippen LogP contribution is -2.34. The molecular weight excluding hydrogens is 462 g/mol. The minimum absolute atomic E-state index is 0.0125. The second-order valence-corrected chi connectivity index (χ2v) is 8.02. The number of imidazole rings is 1. The molecule has 0 unspecified atom stereocenters. The number of carboxylic acid groups (broad SMARTS) is 1. The first-order valence-electron chi connectivity index (χ1n) is 10.7. The third-order valence-electron chi connectivity index (χ3n) is 5.43. The molecule has 1 aromatic carbocycles. The number of carbonyl (C=O) groups is 3. The van der Waals surface area contributed by atoms with Crippen molar-refractivity contribution in [2.45, 2.75) is 45.2 Å². The topological polar surface area (TPSA) is 178 Å². The normalized spacial score (nSPS) is 19.5. The molecule has 2 aromatic heterocycles. The van der Waals surface area contributed by atoms with Gasteiger partial charge in [0.05, 0.1) is 24.4 Å². The van der Waals surface area contributed by atoms with Gasteiger partial charge >= 0.3 is 23.6 Å². The third-order valence-corrected chi connectivity index (χ3v) is 5.43. The van der Waals surface area contributed by atoms with Crippen LogP contribution >= 0.6 is 0 Å². The Morgan fingerprint density at radius 3 is 2.71 bits per heavy atom. The Labute approximate surface area is 198 Å². The van der Waals surface area contributed by atoms with Crippen molar-refractivity contribution >= 4 is 35.0 Å². The van der Waals surface area contributed by atoms with Gasteiger partial charge in [-0.3, -0.25) is 14.2 Å². The fourth-order valence-electron chi connectivity index (χ4n) is 4.02. The summed E-state index contributed by atoms with van der Waals surface area (Å²) in [4.78, 5) is 56.1. The van der Waals surface area contributed by atoms with Crippen LogP contribution in [0.4, 0.5) is 5.95 Å². The molecule has 1 aliphatic rings. The Kier molecular flexibility index (Phi) is 6.51. The summed E-state index contributed by atoms with van der Waals surface area (Å²) in [7, 11) is 0. The molecule has 184 valence electrons. The molecule has 3 aromatic rings. The van der Waals surface area contributed by atoms with Crippen molar-refractivity contribution in [3.63, 3.8) is 0 Å². The Morgan fingerprint density at radius 1 is 1.26 bits per heavy atom. The second kappa shape index (κ2) is 9.54. The number of hydrogen-bond donors (Lipinski definition) is 2. The van der Waals surface area contributed by atoms with Crippen LogP contribution in [0.15, 0.2) is 35.3 Å². The first-order chi connectivity index (χ1) is 16.6. The predicted octanol–water partition coefficient (Wildman–Crippen LogP) is 0.704. The Balaban J connectivity index is 1.79. The van der Waals surface area contributed by atoms with Gasteiger partial charge in [0, 0.05) is 20.3 Å². The van der Waals surface area contributed by atoms with Crippen molar-refractivity contribution in [3.8, 4) is 0 Å². The number of nitrogens with zero attached hydrogens (tertiary/aromatic N) is 4. The summed E-state index contributed by atoms with van der Waals surface area (Å²) in [5.41, 5.74) is 6.32. The zero-order chi connectivity index (χ0) is 25.3. The van der Waals surface area contributed by atoms with Gasteiger partial charge in [-0.15, -0.1) is 0 Å². The van der Waals surface area contributed by atoms with Crippen LogP contribution < -0.4 is 11.4 Å². The molecule has 0 bridgehead atoms. The number of nitrogens with two attached hydrogens (primary N) is 1. The molecule has 13 nitrogen and oxygen atoms in total. The molecular formula is C22H23N5O8.